The molecule has 1 aliphatic rings. The number of halogens is 1. The van der Waals surface area contributed by atoms with Crippen molar-refractivity contribution in [1.82, 2.24) is 5.32 Å². The van der Waals surface area contributed by atoms with Crippen molar-refractivity contribution in [3.05, 3.63) is 70.0 Å². The van der Waals surface area contributed by atoms with E-state index in [2.05, 4.69) is 23.5 Å². The second-order valence-electron chi connectivity index (χ2n) is 5.30. The Labute approximate surface area is 118 Å². The number of aryl methyl sites for hydroxylation is 1. The number of nitrogens with one attached hydrogen (secondary N) is 1. The summed E-state index contributed by atoms with van der Waals surface area (Å²) in [5.74, 6) is -0.190. The van der Waals surface area contributed by atoms with Gasteiger partial charge in [0.1, 0.15) is 5.82 Å². The zero-order chi connectivity index (χ0) is 14.1. The maximum Gasteiger partial charge on any atom is 0.123 e. The maximum atomic E-state index is 13.6. The predicted octanol–water partition coefficient (Wildman–Crippen LogP) is 3.47. The Morgan fingerprint density at radius 2 is 1.85 bits per heavy atom. The van der Waals surface area contributed by atoms with Gasteiger partial charge in [-0.3, -0.25) is 0 Å². The number of fused-ring (bicyclic) bond motifs is 1. The summed E-state index contributed by atoms with van der Waals surface area (Å²) in [7, 11) is 1.90. The van der Waals surface area contributed by atoms with E-state index in [0.717, 1.165) is 16.7 Å². The molecule has 2 nitrogen and oxygen atoms in total. The second-order valence-corrected chi connectivity index (χ2v) is 5.30. The molecular formula is C17H18FNO. The fraction of sp³-hybridized carbons (Fsp3) is 0.294. The Hall–Kier alpha value is -1.71. The van der Waals surface area contributed by atoms with Gasteiger partial charge in [-0.2, -0.15) is 0 Å². The third-order valence-corrected chi connectivity index (χ3v) is 3.77. The van der Waals surface area contributed by atoms with Gasteiger partial charge >= 0.3 is 0 Å². The van der Waals surface area contributed by atoms with Crippen LogP contribution in [-0.2, 0) is 18.0 Å². The van der Waals surface area contributed by atoms with Gasteiger partial charge in [-0.25, -0.2) is 4.39 Å². The van der Waals surface area contributed by atoms with Crippen molar-refractivity contribution >= 4 is 0 Å². The summed E-state index contributed by atoms with van der Waals surface area (Å²) in [6.45, 7) is 3.27. The molecule has 0 fully saturated rings. The first-order chi connectivity index (χ1) is 9.67. The average molecular weight is 271 g/mol. The van der Waals surface area contributed by atoms with Gasteiger partial charge in [-0.1, -0.05) is 24.3 Å². The topological polar surface area (TPSA) is 21.3 Å². The van der Waals surface area contributed by atoms with E-state index in [4.69, 9.17) is 4.74 Å². The summed E-state index contributed by atoms with van der Waals surface area (Å²) in [5.41, 5.74) is 5.50. The van der Waals surface area contributed by atoms with Gasteiger partial charge in [0.25, 0.3) is 0 Å². The number of hydrogen-bond donors (Lipinski definition) is 1. The predicted molar refractivity (Wildman–Crippen MR) is 77.0 cm³/mol. The van der Waals surface area contributed by atoms with E-state index >= 15 is 0 Å². The van der Waals surface area contributed by atoms with Crippen molar-refractivity contribution in [2.75, 3.05) is 7.05 Å². The van der Waals surface area contributed by atoms with E-state index in [1.165, 1.54) is 11.1 Å². The van der Waals surface area contributed by atoms with Gasteiger partial charge in [-0.05, 0) is 53.9 Å². The molecule has 3 rings (SSSR count). The van der Waals surface area contributed by atoms with Crippen LogP contribution in [0, 0.1) is 12.7 Å². The highest BCUT2D eigenvalue weighted by atomic mass is 19.1. The van der Waals surface area contributed by atoms with Crippen molar-refractivity contribution in [1.29, 1.82) is 0 Å². The minimum atomic E-state index is -0.190. The highest BCUT2D eigenvalue weighted by Crippen LogP contribution is 2.28. The molecule has 0 aromatic heterocycles. The highest BCUT2D eigenvalue weighted by Gasteiger charge is 2.17. The van der Waals surface area contributed by atoms with Gasteiger partial charge in [0, 0.05) is 0 Å². The molecule has 1 aliphatic heterocycles. The summed E-state index contributed by atoms with van der Waals surface area (Å²) in [6.07, 6.45) is 0. The molecule has 0 amide bonds. The van der Waals surface area contributed by atoms with E-state index in [0.29, 0.717) is 13.2 Å². The lowest BCUT2D eigenvalue weighted by atomic mass is 9.95. The molecule has 0 spiro atoms. The van der Waals surface area contributed by atoms with Crippen LogP contribution in [0.25, 0.3) is 0 Å². The lowest BCUT2D eigenvalue weighted by Gasteiger charge is -2.19. The van der Waals surface area contributed by atoms with Crippen molar-refractivity contribution < 1.29 is 9.13 Å². The van der Waals surface area contributed by atoms with E-state index < -0.39 is 0 Å². The van der Waals surface area contributed by atoms with Gasteiger partial charge in [0.15, 0.2) is 0 Å². The van der Waals surface area contributed by atoms with Crippen molar-refractivity contribution in [2.45, 2.75) is 26.2 Å². The third kappa shape index (κ3) is 2.47. The molecule has 0 saturated heterocycles. The summed E-state index contributed by atoms with van der Waals surface area (Å²) < 4.78 is 19.1. The largest absolute Gasteiger partial charge is 0.372 e. The molecule has 1 unspecified atom stereocenters. The molecule has 0 saturated carbocycles. The highest BCUT2D eigenvalue weighted by molar-refractivity contribution is 5.39. The van der Waals surface area contributed by atoms with Gasteiger partial charge in [0.05, 0.1) is 19.3 Å². The molecule has 2 aromatic carbocycles. The summed E-state index contributed by atoms with van der Waals surface area (Å²) >= 11 is 0. The van der Waals surface area contributed by atoms with Crippen LogP contribution >= 0.6 is 0 Å². The molecule has 2 aromatic rings. The molecular weight excluding hydrogens is 253 g/mol. The molecule has 1 atom stereocenters. The molecule has 0 radical (unpaired) electrons. The second kappa shape index (κ2) is 5.35. The van der Waals surface area contributed by atoms with Crippen LogP contribution in [0.15, 0.2) is 36.4 Å². The summed E-state index contributed by atoms with van der Waals surface area (Å²) in [5, 5.41) is 3.27. The quantitative estimate of drug-likeness (QED) is 0.923. The average Bonchev–Trinajstić information content (AvgIpc) is 2.86. The van der Waals surface area contributed by atoms with E-state index in [1.807, 2.05) is 20.0 Å². The van der Waals surface area contributed by atoms with Crippen molar-refractivity contribution in [3.63, 3.8) is 0 Å². The van der Waals surface area contributed by atoms with Crippen LogP contribution < -0.4 is 5.32 Å². The summed E-state index contributed by atoms with van der Waals surface area (Å²) in [6, 6.07) is 11.5. The van der Waals surface area contributed by atoms with Crippen LogP contribution in [0.2, 0.25) is 0 Å². The Morgan fingerprint density at radius 1 is 1.05 bits per heavy atom. The number of benzene rings is 2. The zero-order valence-electron chi connectivity index (χ0n) is 11.7. The molecule has 104 valence electrons. The minimum absolute atomic E-state index is 0.00435. The normalized spacial score (nSPS) is 15.2. The Balaban J connectivity index is 2.01. The molecule has 0 bridgehead atoms. The van der Waals surface area contributed by atoms with Crippen LogP contribution in [0.3, 0.4) is 0 Å². The molecule has 0 aliphatic carbocycles. The smallest absolute Gasteiger partial charge is 0.123 e. The van der Waals surface area contributed by atoms with Crippen LogP contribution in [0.4, 0.5) is 4.39 Å². The molecule has 3 heteroatoms. The Bertz CT molecular complexity index is 619. The van der Waals surface area contributed by atoms with Gasteiger partial charge in [0.2, 0.25) is 0 Å². The van der Waals surface area contributed by atoms with Gasteiger partial charge < -0.3 is 10.1 Å². The van der Waals surface area contributed by atoms with Crippen molar-refractivity contribution in [3.8, 4) is 0 Å². The molecule has 1 heterocycles. The van der Waals surface area contributed by atoms with E-state index in [1.54, 1.807) is 12.1 Å². The van der Waals surface area contributed by atoms with Gasteiger partial charge in [-0.15, -0.1) is 0 Å². The minimum Gasteiger partial charge on any atom is -0.372 e. The van der Waals surface area contributed by atoms with Crippen LogP contribution in [-0.4, -0.2) is 7.05 Å². The van der Waals surface area contributed by atoms with Crippen molar-refractivity contribution in [2.24, 2.45) is 0 Å². The lowest BCUT2D eigenvalue weighted by molar-refractivity contribution is 0.134. The fourth-order valence-corrected chi connectivity index (χ4v) is 2.83. The standard InChI is InChI=1S/C17H18FNO/c1-11-5-14(8-16(18)6-11)17(19-2)12-3-4-13-9-20-10-15(13)7-12/h3-8,17,19H,9-10H2,1-2H3. The monoisotopic (exact) mass is 271 g/mol. The van der Waals surface area contributed by atoms with E-state index in [-0.39, 0.29) is 11.9 Å². The van der Waals surface area contributed by atoms with Crippen LogP contribution in [0.5, 0.6) is 0 Å². The SMILES string of the molecule is CNC(c1cc(C)cc(F)c1)c1ccc2c(c1)COC2. The zero-order valence-corrected chi connectivity index (χ0v) is 11.7. The van der Waals surface area contributed by atoms with E-state index in [9.17, 15) is 4.39 Å². The number of rotatable bonds is 3. The Kier molecular flexibility index (Phi) is 3.55. The lowest BCUT2D eigenvalue weighted by Crippen LogP contribution is -2.18. The first-order valence-corrected chi connectivity index (χ1v) is 6.81. The molecule has 1 N–H and O–H groups in total. The first-order valence-electron chi connectivity index (χ1n) is 6.81. The molecule has 20 heavy (non-hydrogen) atoms. The fourth-order valence-electron chi connectivity index (χ4n) is 2.83. The Morgan fingerprint density at radius 3 is 2.60 bits per heavy atom. The summed E-state index contributed by atoms with van der Waals surface area (Å²) in [4.78, 5) is 0. The maximum absolute atomic E-state index is 13.6. The number of ether oxygens (including phenoxy) is 1. The number of hydrogen-bond acceptors (Lipinski definition) is 2. The first kappa shape index (κ1) is 13.3. The third-order valence-electron chi connectivity index (χ3n) is 3.77. The van der Waals surface area contributed by atoms with Crippen LogP contribution in [0.1, 0.15) is 33.9 Å².